The zero-order chi connectivity index (χ0) is 15.9. The first-order chi connectivity index (χ1) is 9.26. The number of rotatable bonds is 8. The molecule has 0 aromatic carbocycles. The van der Waals surface area contributed by atoms with Crippen LogP contribution in [0.4, 0.5) is 0 Å². The minimum absolute atomic E-state index is 0.0747. The first kappa shape index (κ1) is 18.8. The quantitative estimate of drug-likeness (QED) is 0.547. The number of ether oxygens (including phenoxy) is 1. The van der Waals surface area contributed by atoms with Crippen molar-refractivity contribution in [2.45, 2.75) is 53.5 Å². The van der Waals surface area contributed by atoms with E-state index in [4.69, 9.17) is 22.7 Å². The molecule has 116 valence electrons. The number of hydrogen-bond acceptors (Lipinski definition) is 4. The number of hydrogen-bond donors (Lipinski definition) is 1. The highest BCUT2D eigenvalue weighted by Crippen LogP contribution is 2.30. The second-order valence-electron chi connectivity index (χ2n) is 4.99. The Labute approximate surface area is 126 Å². The van der Waals surface area contributed by atoms with E-state index in [1.807, 2.05) is 27.7 Å². The maximum Gasteiger partial charge on any atom is 0.325 e. The summed E-state index contributed by atoms with van der Waals surface area (Å²) in [4.78, 5) is 26.1. The van der Waals surface area contributed by atoms with Gasteiger partial charge in [-0.05, 0) is 33.6 Å². The molecule has 0 aliphatic carbocycles. The zero-order valence-corrected chi connectivity index (χ0v) is 13.9. The van der Waals surface area contributed by atoms with Crippen LogP contribution in [0.25, 0.3) is 0 Å². The lowest BCUT2D eigenvalue weighted by atomic mass is 9.80. The smallest absolute Gasteiger partial charge is 0.325 e. The van der Waals surface area contributed by atoms with Gasteiger partial charge in [-0.1, -0.05) is 26.1 Å². The molecule has 0 saturated carbocycles. The predicted octanol–water partition coefficient (Wildman–Crippen LogP) is 1.88. The normalized spacial score (nSPS) is 11.3. The molecule has 0 rings (SSSR count). The van der Waals surface area contributed by atoms with Crippen molar-refractivity contribution in [2.75, 3.05) is 13.2 Å². The number of carbonyl (C=O) groups excluding carboxylic acids is 2. The van der Waals surface area contributed by atoms with E-state index in [9.17, 15) is 9.59 Å². The molecule has 0 fully saturated rings. The van der Waals surface area contributed by atoms with E-state index in [-0.39, 0.29) is 23.5 Å². The lowest BCUT2D eigenvalue weighted by molar-refractivity contribution is -0.153. The minimum atomic E-state index is -0.883. The summed E-state index contributed by atoms with van der Waals surface area (Å²) in [6, 6.07) is -0.126. The van der Waals surface area contributed by atoms with Crippen LogP contribution in [0.1, 0.15) is 47.5 Å². The second-order valence-corrected chi connectivity index (χ2v) is 5.43. The van der Waals surface area contributed by atoms with Gasteiger partial charge in [0.2, 0.25) is 5.91 Å². The third-order valence-electron chi connectivity index (χ3n) is 3.58. The Morgan fingerprint density at radius 3 is 2.05 bits per heavy atom. The Bertz CT molecular complexity index is 365. The van der Waals surface area contributed by atoms with Gasteiger partial charge in [-0.3, -0.25) is 9.59 Å². The lowest BCUT2D eigenvalue weighted by Gasteiger charge is -2.36. The van der Waals surface area contributed by atoms with Crippen molar-refractivity contribution in [3.05, 3.63) is 0 Å². The van der Waals surface area contributed by atoms with E-state index in [0.29, 0.717) is 19.4 Å². The summed E-state index contributed by atoms with van der Waals surface area (Å²) in [6.07, 6.45) is 1.04. The molecule has 1 amide bonds. The van der Waals surface area contributed by atoms with Gasteiger partial charge in [-0.15, -0.1) is 0 Å². The van der Waals surface area contributed by atoms with Gasteiger partial charge >= 0.3 is 5.97 Å². The van der Waals surface area contributed by atoms with Crippen molar-refractivity contribution < 1.29 is 14.3 Å². The SMILES string of the molecule is CCOC(=O)CN(C(=O)C(CC)(CC)C(N)=S)C(C)C. The molecular formula is C14H26N2O3S. The second kappa shape index (κ2) is 8.19. The van der Waals surface area contributed by atoms with Crippen molar-refractivity contribution in [3.63, 3.8) is 0 Å². The number of thiocarbonyl (C=S) groups is 1. The maximum absolute atomic E-state index is 12.8. The molecule has 0 heterocycles. The summed E-state index contributed by atoms with van der Waals surface area (Å²) in [5, 5.41) is 0. The molecular weight excluding hydrogens is 276 g/mol. The summed E-state index contributed by atoms with van der Waals surface area (Å²) in [7, 11) is 0. The third-order valence-corrected chi connectivity index (χ3v) is 3.97. The fourth-order valence-electron chi connectivity index (χ4n) is 2.12. The van der Waals surface area contributed by atoms with Gasteiger partial charge < -0.3 is 15.4 Å². The van der Waals surface area contributed by atoms with Crippen LogP contribution in [0.3, 0.4) is 0 Å². The largest absolute Gasteiger partial charge is 0.465 e. The van der Waals surface area contributed by atoms with E-state index in [1.54, 1.807) is 6.92 Å². The van der Waals surface area contributed by atoms with Crippen molar-refractivity contribution >= 4 is 29.1 Å². The van der Waals surface area contributed by atoms with Gasteiger partial charge in [0.15, 0.2) is 0 Å². The molecule has 0 bridgehead atoms. The van der Waals surface area contributed by atoms with Crippen LogP contribution in [0, 0.1) is 5.41 Å². The van der Waals surface area contributed by atoms with Crippen LogP contribution >= 0.6 is 12.2 Å². The Hall–Kier alpha value is -1.17. The molecule has 5 nitrogen and oxygen atoms in total. The standard InChI is InChI=1S/C14H26N2O3S/c1-6-14(7-2,12(15)20)13(18)16(10(4)5)9-11(17)19-8-3/h10H,6-9H2,1-5H3,(H2,15,20). The first-order valence-corrected chi connectivity index (χ1v) is 7.44. The van der Waals surface area contributed by atoms with Crippen LogP contribution in [0.5, 0.6) is 0 Å². The van der Waals surface area contributed by atoms with E-state index in [2.05, 4.69) is 0 Å². The van der Waals surface area contributed by atoms with E-state index in [1.165, 1.54) is 4.90 Å². The predicted molar refractivity (Wildman–Crippen MR) is 83.3 cm³/mol. The molecule has 2 N–H and O–H groups in total. The van der Waals surface area contributed by atoms with Crippen LogP contribution in [-0.2, 0) is 14.3 Å². The zero-order valence-electron chi connectivity index (χ0n) is 13.1. The van der Waals surface area contributed by atoms with E-state index in [0.717, 1.165) is 0 Å². The molecule has 20 heavy (non-hydrogen) atoms. The number of amides is 1. The van der Waals surface area contributed by atoms with Gasteiger partial charge in [0.05, 0.1) is 17.0 Å². The molecule has 0 atom stereocenters. The van der Waals surface area contributed by atoms with Crippen LogP contribution in [0.15, 0.2) is 0 Å². The fourth-order valence-corrected chi connectivity index (χ4v) is 2.49. The summed E-state index contributed by atoms with van der Waals surface area (Å²) in [5.74, 6) is -0.614. The number of carbonyl (C=O) groups is 2. The lowest BCUT2D eigenvalue weighted by Crippen LogP contribution is -2.53. The van der Waals surface area contributed by atoms with Crippen LogP contribution in [-0.4, -0.2) is 41.0 Å². The Morgan fingerprint density at radius 1 is 1.25 bits per heavy atom. The molecule has 0 aliphatic heterocycles. The van der Waals surface area contributed by atoms with Crippen molar-refractivity contribution in [1.82, 2.24) is 4.90 Å². The van der Waals surface area contributed by atoms with Crippen molar-refractivity contribution in [3.8, 4) is 0 Å². The Morgan fingerprint density at radius 2 is 1.75 bits per heavy atom. The maximum atomic E-state index is 12.8. The van der Waals surface area contributed by atoms with Gasteiger partial charge in [0.1, 0.15) is 6.54 Å². The fraction of sp³-hybridized carbons (Fsp3) is 0.786. The molecule has 0 aromatic rings. The van der Waals surface area contributed by atoms with Crippen molar-refractivity contribution in [1.29, 1.82) is 0 Å². The average Bonchev–Trinajstić information content (AvgIpc) is 2.37. The molecule has 0 spiro atoms. The molecule has 0 unspecified atom stereocenters. The summed E-state index contributed by atoms with van der Waals surface area (Å²) in [6.45, 7) is 9.42. The summed E-state index contributed by atoms with van der Waals surface area (Å²) >= 11 is 5.09. The number of nitrogens with zero attached hydrogens (tertiary/aromatic N) is 1. The Balaban J connectivity index is 5.32. The van der Waals surface area contributed by atoms with Crippen LogP contribution in [0.2, 0.25) is 0 Å². The third kappa shape index (κ3) is 4.16. The average molecular weight is 302 g/mol. The number of esters is 1. The van der Waals surface area contributed by atoms with Gasteiger partial charge in [0.25, 0.3) is 0 Å². The molecule has 6 heteroatoms. The Kier molecular flexibility index (Phi) is 7.71. The van der Waals surface area contributed by atoms with E-state index < -0.39 is 11.4 Å². The highest BCUT2D eigenvalue weighted by molar-refractivity contribution is 7.80. The van der Waals surface area contributed by atoms with E-state index >= 15 is 0 Å². The minimum Gasteiger partial charge on any atom is -0.465 e. The molecule has 0 saturated heterocycles. The summed E-state index contributed by atoms with van der Waals surface area (Å²) in [5.41, 5.74) is 4.91. The van der Waals surface area contributed by atoms with Gasteiger partial charge in [-0.2, -0.15) is 0 Å². The highest BCUT2D eigenvalue weighted by Gasteiger charge is 2.42. The monoisotopic (exact) mass is 302 g/mol. The molecule has 0 radical (unpaired) electrons. The van der Waals surface area contributed by atoms with Crippen molar-refractivity contribution in [2.24, 2.45) is 11.1 Å². The van der Waals surface area contributed by atoms with Crippen LogP contribution < -0.4 is 5.73 Å². The number of nitrogens with two attached hydrogens (primary N) is 1. The highest BCUT2D eigenvalue weighted by atomic mass is 32.1. The summed E-state index contributed by atoms with van der Waals surface area (Å²) < 4.78 is 4.92. The first-order valence-electron chi connectivity index (χ1n) is 7.03. The van der Waals surface area contributed by atoms with Gasteiger partial charge in [0, 0.05) is 6.04 Å². The molecule has 0 aromatic heterocycles. The van der Waals surface area contributed by atoms with Gasteiger partial charge in [-0.25, -0.2) is 0 Å². The molecule has 0 aliphatic rings. The topological polar surface area (TPSA) is 72.6 Å².